The summed E-state index contributed by atoms with van der Waals surface area (Å²) in [5.41, 5.74) is 5.59. The summed E-state index contributed by atoms with van der Waals surface area (Å²) in [5, 5.41) is 3.12. The van der Waals surface area contributed by atoms with Gasteiger partial charge in [0.2, 0.25) is 0 Å². The molecule has 0 atom stereocenters. The van der Waals surface area contributed by atoms with Crippen molar-refractivity contribution < 1.29 is 0 Å². The molecule has 0 nitrogen and oxygen atoms in total. The van der Waals surface area contributed by atoms with Crippen LogP contribution in [0.2, 0.25) is 0 Å². The molecular weight excluding hydrogens is 247 g/mol. The van der Waals surface area contributed by atoms with Gasteiger partial charge in [0.1, 0.15) is 0 Å². The number of benzene rings is 2. The zero-order valence-corrected chi connectivity index (χ0v) is 14.0. The van der Waals surface area contributed by atoms with E-state index in [9.17, 15) is 0 Å². The molecule has 2 aromatic rings. The van der Waals surface area contributed by atoms with E-state index in [2.05, 4.69) is 77.4 Å². The molecule has 19 heavy (non-hydrogen) atoms. The number of hydrogen-bond donors (Lipinski definition) is 0. The molecule has 0 spiro atoms. The SMILES string of the molecule is Cc1ccc([PH](C)(C)c2ccc(C)cc2C)c(C)c1. The number of hydrogen-bond acceptors (Lipinski definition) is 0. The van der Waals surface area contributed by atoms with Gasteiger partial charge in [0, 0.05) is 0 Å². The van der Waals surface area contributed by atoms with Crippen LogP contribution < -0.4 is 10.6 Å². The summed E-state index contributed by atoms with van der Waals surface area (Å²) in [4.78, 5) is 0. The van der Waals surface area contributed by atoms with Crippen molar-refractivity contribution in [3.05, 3.63) is 58.7 Å². The van der Waals surface area contributed by atoms with Crippen molar-refractivity contribution >= 4 is 17.9 Å². The van der Waals surface area contributed by atoms with Gasteiger partial charge in [-0.15, -0.1) is 0 Å². The fraction of sp³-hybridized carbons (Fsp3) is 0.333. The first-order valence-electron chi connectivity index (χ1n) is 6.98. The molecule has 102 valence electrons. The molecular formula is C18H25P. The second-order valence-electron chi connectivity index (χ2n) is 6.26. The molecule has 0 saturated carbocycles. The summed E-state index contributed by atoms with van der Waals surface area (Å²) in [6.45, 7) is 13.8. The van der Waals surface area contributed by atoms with Gasteiger partial charge < -0.3 is 0 Å². The van der Waals surface area contributed by atoms with Crippen molar-refractivity contribution in [2.45, 2.75) is 27.7 Å². The van der Waals surface area contributed by atoms with Crippen LogP contribution in [0.25, 0.3) is 0 Å². The van der Waals surface area contributed by atoms with Gasteiger partial charge in [0.15, 0.2) is 0 Å². The van der Waals surface area contributed by atoms with E-state index in [-0.39, 0.29) is 0 Å². The zero-order valence-electron chi connectivity index (χ0n) is 13.0. The van der Waals surface area contributed by atoms with Crippen LogP contribution in [0.5, 0.6) is 0 Å². The molecule has 0 aliphatic carbocycles. The zero-order chi connectivity index (χ0) is 14.2. The molecule has 2 rings (SSSR count). The third kappa shape index (κ3) is 2.74. The predicted molar refractivity (Wildman–Crippen MR) is 91.3 cm³/mol. The average molecular weight is 272 g/mol. The molecule has 0 unspecified atom stereocenters. The van der Waals surface area contributed by atoms with Crippen LogP contribution in [-0.4, -0.2) is 13.3 Å². The Morgan fingerprint density at radius 2 is 1.00 bits per heavy atom. The van der Waals surface area contributed by atoms with E-state index in [0.717, 1.165) is 0 Å². The van der Waals surface area contributed by atoms with Crippen LogP contribution >= 0.6 is 7.26 Å². The van der Waals surface area contributed by atoms with E-state index < -0.39 is 7.26 Å². The quantitative estimate of drug-likeness (QED) is 0.728. The Balaban J connectivity index is 2.58. The maximum absolute atomic E-state index is 2.46. The minimum atomic E-state index is -1.59. The third-order valence-electron chi connectivity index (χ3n) is 4.11. The van der Waals surface area contributed by atoms with Gasteiger partial charge in [0.25, 0.3) is 0 Å². The monoisotopic (exact) mass is 272 g/mol. The molecule has 1 heteroatoms. The van der Waals surface area contributed by atoms with Gasteiger partial charge in [-0.2, -0.15) is 0 Å². The maximum atomic E-state index is 2.46. The van der Waals surface area contributed by atoms with E-state index in [4.69, 9.17) is 0 Å². The van der Waals surface area contributed by atoms with Crippen LogP contribution in [0.3, 0.4) is 0 Å². The second-order valence-corrected chi connectivity index (χ2v) is 10.6. The summed E-state index contributed by atoms with van der Waals surface area (Å²) in [7, 11) is -1.59. The molecule has 0 heterocycles. The van der Waals surface area contributed by atoms with Crippen molar-refractivity contribution in [2.75, 3.05) is 13.3 Å². The van der Waals surface area contributed by atoms with Gasteiger partial charge in [-0.1, -0.05) is 0 Å². The molecule has 0 aromatic heterocycles. The summed E-state index contributed by atoms with van der Waals surface area (Å²) in [5.74, 6) is 0. The van der Waals surface area contributed by atoms with E-state index >= 15 is 0 Å². The van der Waals surface area contributed by atoms with Gasteiger partial charge in [-0.05, 0) is 0 Å². The summed E-state index contributed by atoms with van der Waals surface area (Å²) in [6.07, 6.45) is 0. The molecule has 0 fully saturated rings. The predicted octanol–water partition coefficient (Wildman–Crippen LogP) is 3.88. The molecule has 0 N–H and O–H groups in total. The van der Waals surface area contributed by atoms with Crippen molar-refractivity contribution in [2.24, 2.45) is 0 Å². The van der Waals surface area contributed by atoms with Crippen LogP contribution in [0, 0.1) is 27.7 Å². The Labute approximate surface area is 118 Å². The second kappa shape index (κ2) is 5.10. The standard InChI is InChI=1S/C18H25P/c1-13-7-9-17(15(3)11-13)19(5,6)18-10-8-14(2)12-16(18)4/h7-12,19H,1-6H3. The first-order valence-corrected chi connectivity index (χ1v) is 9.98. The van der Waals surface area contributed by atoms with Gasteiger partial charge in [-0.3, -0.25) is 0 Å². The van der Waals surface area contributed by atoms with Crippen LogP contribution in [-0.2, 0) is 0 Å². The average Bonchev–Trinajstić information content (AvgIpc) is 2.27. The van der Waals surface area contributed by atoms with Crippen molar-refractivity contribution in [3.63, 3.8) is 0 Å². The van der Waals surface area contributed by atoms with Gasteiger partial charge in [-0.25, -0.2) is 0 Å². The van der Waals surface area contributed by atoms with E-state index in [0.29, 0.717) is 0 Å². The fourth-order valence-electron chi connectivity index (χ4n) is 3.17. The van der Waals surface area contributed by atoms with Crippen molar-refractivity contribution in [3.8, 4) is 0 Å². The third-order valence-corrected chi connectivity index (χ3v) is 7.93. The molecule has 0 aliphatic heterocycles. The Morgan fingerprint density at radius 1 is 0.632 bits per heavy atom. The van der Waals surface area contributed by atoms with E-state index in [1.807, 2.05) is 0 Å². The van der Waals surface area contributed by atoms with E-state index in [1.165, 1.54) is 22.3 Å². The van der Waals surface area contributed by atoms with Gasteiger partial charge in [0.05, 0.1) is 0 Å². The van der Waals surface area contributed by atoms with Crippen LogP contribution in [0.1, 0.15) is 22.3 Å². The molecule has 0 radical (unpaired) electrons. The van der Waals surface area contributed by atoms with Crippen molar-refractivity contribution in [1.29, 1.82) is 0 Å². The Hall–Kier alpha value is -1.13. The normalized spacial score (nSPS) is 12.5. The molecule has 0 aliphatic rings. The van der Waals surface area contributed by atoms with Crippen LogP contribution in [0.4, 0.5) is 0 Å². The Bertz CT molecular complexity index is 556. The van der Waals surface area contributed by atoms with Crippen molar-refractivity contribution in [1.82, 2.24) is 0 Å². The number of aryl methyl sites for hydroxylation is 4. The first-order chi connectivity index (χ1) is 8.82. The fourth-order valence-corrected chi connectivity index (χ4v) is 6.58. The van der Waals surface area contributed by atoms with E-state index in [1.54, 1.807) is 10.6 Å². The Morgan fingerprint density at radius 3 is 1.32 bits per heavy atom. The van der Waals surface area contributed by atoms with Crippen LogP contribution in [0.15, 0.2) is 36.4 Å². The molecule has 0 bridgehead atoms. The summed E-state index contributed by atoms with van der Waals surface area (Å²) in [6, 6.07) is 13.8. The minimum absolute atomic E-state index is 1.35. The number of rotatable bonds is 2. The molecule has 0 saturated heterocycles. The first kappa shape index (κ1) is 14.3. The topological polar surface area (TPSA) is 0 Å². The summed E-state index contributed by atoms with van der Waals surface area (Å²) < 4.78 is 0. The summed E-state index contributed by atoms with van der Waals surface area (Å²) >= 11 is 0. The molecule has 2 aromatic carbocycles. The Kier molecular flexibility index (Phi) is 3.83. The molecule has 0 amide bonds. The van der Waals surface area contributed by atoms with Gasteiger partial charge >= 0.3 is 118 Å².